The van der Waals surface area contributed by atoms with Gasteiger partial charge in [-0.15, -0.1) is 10.2 Å². The second kappa shape index (κ2) is 3.59. The zero-order valence-electron chi connectivity index (χ0n) is 7.68. The fraction of sp³-hybridized carbons (Fsp3) is 0.750. The van der Waals surface area contributed by atoms with Crippen LogP contribution in [0.5, 0.6) is 0 Å². The monoisotopic (exact) mass is 198 g/mol. The van der Waals surface area contributed by atoms with Crippen molar-refractivity contribution in [3.05, 3.63) is 5.51 Å². The lowest BCUT2D eigenvalue weighted by Gasteiger charge is -2.34. The van der Waals surface area contributed by atoms with Gasteiger partial charge >= 0.3 is 0 Å². The average molecular weight is 198 g/mol. The van der Waals surface area contributed by atoms with Gasteiger partial charge in [-0.05, 0) is 12.3 Å². The summed E-state index contributed by atoms with van der Waals surface area (Å²) < 4.78 is 0. The van der Waals surface area contributed by atoms with E-state index in [1.807, 2.05) is 0 Å². The topological polar surface area (TPSA) is 55.0 Å². The fourth-order valence-electron chi connectivity index (χ4n) is 1.58. The van der Waals surface area contributed by atoms with E-state index in [1.54, 1.807) is 16.8 Å². The first-order valence-electron chi connectivity index (χ1n) is 4.54. The van der Waals surface area contributed by atoms with Crippen LogP contribution in [-0.4, -0.2) is 29.3 Å². The van der Waals surface area contributed by atoms with Crippen molar-refractivity contribution in [1.29, 1.82) is 0 Å². The SMILES string of the molecule is CC1CCN(c2nncs2)CC1N. The number of nitrogens with zero attached hydrogens (tertiary/aromatic N) is 3. The van der Waals surface area contributed by atoms with E-state index < -0.39 is 0 Å². The van der Waals surface area contributed by atoms with E-state index in [0.717, 1.165) is 24.6 Å². The first-order chi connectivity index (χ1) is 6.27. The highest BCUT2D eigenvalue weighted by molar-refractivity contribution is 7.13. The van der Waals surface area contributed by atoms with Crippen LogP contribution < -0.4 is 10.6 Å². The van der Waals surface area contributed by atoms with Crippen LogP contribution in [-0.2, 0) is 0 Å². The number of anilines is 1. The third-order valence-electron chi connectivity index (χ3n) is 2.64. The molecule has 1 saturated heterocycles. The van der Waals surface area contributed by atoms with Crippen LogP contribution in [0.2, 0.25) is 0 Å². The molecule has 1 aromatic heterocycles. The van der Waals surface area contributed by atoms with E-state index >= 15 is 0 Å². The third-order valence-corrected chi connectivity index (χ3v) is 3.39. The molecule has 2 atom stereocenters. The van der Waals surface area contributed by atoms with Gasteiger partial charge in [0.15, 0.2) is 0 Å². The highest BCUT2D eigenvalue weighted by atomic mass is 32.1. The van der Waals surface area contributed by atoms with Crippen LogP contribution in [0.1, 0.15) is 13.3 Å². The molecular weight excluding hydrogens is 184 g/mol. The van der Waals surface area contributed by atoms with Gasteiger partial charge in [0.25, 0.3) is 0 Å². The van der Waals surface area contributed by atoms with E-state index in [-0.39, 0.29) is 6.04 Å². The molecule has 0 amide bonds. The molecule has 2 N–H and O–H groups in total. The molecule has 2 unspecified atom stereocenters. The number of hydrogen-bond acceptors (Lipinski definition) is 5. The Hall–Kier alpha value is -0.680. The Bertz CT molecular complexity index is 261. The minimum atomic E-state index is 0.276. The van der Waals surface area contributed by atoms with Crippen LogP contribution in [0, 0.1) is 5.92 Å². The third kappa shape index (κ3) is 1.81. The van der Waals surface area contributed by atoms with Crippen LogP contribution in [0.15, 0.2) is 5.51 Å². The lowest BCUT2D eigenvalue weighted by atomic mass is 9.95. The van der Waals surface area contributed by atoms with Crippen molar-refractivity contribution in [3.63, 3.8) is 0 Å². The smallest absolute Gasteiger partial charge is 0.208 e. The van der Waals surface area contributed by atoms with E-state index in [2.05, 4.69) is 22.0 Å². The molecule has 5 heteroatoms. The van der Waals surface area contributed by atoms with Gasteiger partial charge in [-0.2, -0.15) is 0 Å². The molecular formula is C8H14N4S. The highest BCUT2D eigenvalue weighted by Crippen LogP contribution is 2.22. The lowest BCUT2D eigenvalue weighted by molar-refractivity contribution is 0.379. The summed E-state index contributed by atoms with van der Waals surface area (Å²) in [5.74, 6) is 0.629. The molecule has 0 saturated carbocycles. The van der Waals surface area contributed by atoms with Crippen molar-refractivity contribution in [1.82, 2.24) is 10.2 Å². The van der Waals surface area contributed by atoms with Crippen LogP contribution in [0.3, 0.4) is 0 Å². The lowest BCUT2D eigenvalue weighted by Crippen LogP contribution is -2.47. The van der Waals surface area contributed by atoms with Gasteiger partial charge in [-0.25, -0.2) is 0 Å². The molecule has 2 rings (SSSR count). The largest absolute Gasteiger partial charge is 0.345 e. The number of hydrogen-bond donors (Lipinski definition) is 1. The molecule has 0 bridgehead atoms. The van der Waals surface area contributed by atoms with Gasteiger partial charge in [0.2, 0.25) is 5.13 Å². The maximum Gasteiger partial charge on any atom is 0.208 e. The quantitative estimate of drug-likeness (QED) is 0.722. The molecule has 4 nitrogen and oxygen atoms in total. The standard InChI is InChI=1S/C8H14N4S/c1-6-2-3-12(4-7(6)9)8-11-10-5-13-8/h5-7H,2-4,9H2,1H3. The number of nitrogens with two attached hydrogens (primary N) is 1. The Balaban J connectivity index is 2.03. The Kier molecular flexibility index (Phi) is 2.46. The van der Waals surface area contributed by atoms with E-state index in [9.17, 15) is 0 Å². The predicted molar refractivity (Wildman–Crippen MR) is 53.9 cm³/mol. The molecule has 1 aromatic rings. The second-order valence-corrected chi connectivity index (χ2v) is 4.41. The van der Waals surface area contributed by atoms with E-state index in [1.165, 1.54) is 0 Å². The van der Waals surface area contributed by atoms with Crippen LogP contribution >= 0.6 is 11.3 Å². The molecule has 72 valence electrons. The summed E-state index contributed by atoms with van der Waals surface area (Å²) in [6.07, 6.45) is 1.15. The second-order valence-electron chi connectivity index (χ2n) is 3.60. The summed E-state index contributed by atoms with van der Waals surface area (Å²) in [7, 11) is 0. The molecule has 1 fully saturated rings. The summed E-state index contributed by atoms with van der Waals surface area (Å²) in [5.41, 5.74) is 7.75. The first-order valence-corrected chi connectivity index (χ1v) is 5.42. The summed E-state index contributed by atoms with van der Waals surface area (Å²) in [5, 5.41) is 8.87. The van der Waals surface area contributed by atoms with Gasteiger partial charge in [-0.3, -0.25) is 0 Å². The minimum Gasteiger partial charge on any atom is -0.345 e. The average Bonchev–Trinajstić information content (AvgIpc) is 2.62. The normalized spacial score (nSPS) is 29.2. The maximum absolute atomic E-state index is 5.99. The Morgan fingerprint density at radius 3 is 3.15 bits per heavy atom. The number of aromatic nitrogens is 2. The molecule has 1 aliphatic heterocycles. The Labute approximate surface area is 81.8 Å². The summed E-state index contributed by atoms with van der Waals surface area (Å²) in [6.45, 7) is 4.18. The minimum absolute atomic E-state index is 0.276. The molecule has 0 radical (unpaired) electrons. The molecule has 2 heterocycles. The highest BCUT2D eigenvalue weighted by Gasteiger charge is 2.24. The summed E-state index contributed by atoms with van der Waals surface area (Å²) in [4.78, 5) is 2.22. The summed E-state index contributed by atoms with van der Waals surface area (Å²) in [6, 6.07) is 0.276. The van der Waals surface area contributed by atoms with Gasteiger partial charge in [0.05, 0.1) is 0 Å². The molecule has 1 aliphatic rings. The Morgan fingerprint density at radius 2 is 2.54 bits per heavy atom. The van der Waals surface area contributed by atoms with Gasteiger partial charge < -0.3 is 10.6 Å². The van der Waals surface area contributed by atoms with Gasteiger partial charge in [0.1, 0.15) is 5.51 Å². The zero-order valence-corrected chi connectivity index (χ0v) is 8.50. The van der Waals surface area contributed by atoms with Gasteiger partial charge in [0, 0.05) is 19.1 Å². The summed E-state index contributed by atoms with van der Waals surface area (Å²) >= 11 is 1.58. The van der Waals surface area contributed by atoms with Crippen molar-refractivity contribution in [2.75, 3.05) is 18.0 Å². The molecule has 13 heavy (non-hydrogen) atoms. The van der Waals surface area contributed by atoms with Crippen molar-refractivity contribution in [2.24, 2.45) is 11.7 Å². The van der Waals surface area contributed by atoms with E-state index in [0.29, 0.717) is 5.92 Å². The Morgan fingerprint density at radius 1 is 1.69 bits per heavy atom. The van der Waals surface area contributed by atoms with Crippen LogP contribution in [0.25, 0.3) is 0 Å². The van der Waals surface area contributed by atoms with Crippen molar-refractivity contribution < 1.29 is 0 Å². The zero-order chi connectivity index (χ0) is 9.26. The van der Waals surface area contributed by atoms with Crippen LogP contribution in [0.4, 0.5) is 5.13 Å². The number of piperidine rings is 1. The maximum atomic E-state index is 5.99. The van der Waals surface area contributed by atoms with Crippen molar-refractivity contribution in [2.45, 2.75) is 19.4 Å². The molecule has 0 aliphatic carbocycles. The van der Waals surface area contributed by atoms with Gasteiger partial charge in [-0.1, -0.05) is 18.3 Å². The predicted octanol–water partition coefficient (Wildman–Crippen LogP) is 0.712. The first kappa shape index (κ1) is 8.90. The molecule has 0 aromatic carbocycles. The van der Waals surface area contributed by atoms with E-state index in [4.69, 9.17) is 5.73 Å². The molecule has 0 spiro atoms. The number of rotatable bonds is 1. The fourth-order valence-corrected chi connectivity index (χ4v) is 2.18. The van der Waals surface area contributed by atoms with Crippen molar-refractivity contribution in [3.8, 4) is 0 Å². The van der Waals surface area contributed by atoms with Crippen molar-refractivity contribution >= 4 is 16.5 Å².